The standard InChI is InChI=1S/C14H11O2/c15-10-11-6-8-13(9-7-11)14(16)12-4-2-1-3-5-12/h1-9H,10H2. The van der Waals surface area contributed by atoms with Crippen LogP contribution in [0, 0.1) is 0 Å². The molecule has 0 bridgehead atoms. The van der Waals surface area contributed by atoms with Gasteiger partial charge >= 0.3 is 0 Å². The molecular formula is C14H11O2. The second-order valence-electron chi connectivity index (χ2n) is 3.54. The summed E-state index contributed by atoms with van der Waals surface area (Å²) in [5, 5.41) is 10.6. The zero-order valence-electron chi connectivity index (χ0n) is 8.72. The first-order valence-corrected chi connectivity index (χ1v) is 5.08. The molecule has 2 aromatic rings. The predicted molar refractivity (Wildman–Crippen MR) is 60.7 cm³/mol. The van der Waals surface area contributed by atoms with E-state index in [2.05, 4.69) is 0 Å². The van der Waals surface area contributed by atoms with Crippen LogP contribution in [0.5, 0.6) is 0 Å². The second-order valence-corrected chi connectivity index (χ2v) is 3.54. The van der Waals surface area contributed by atoms with Gasteiger partial charge in [0.2, 0.25) is 0 Å². The molecule has 0 unspecified atom stereocenters. The van der Waals surface area contributed by atoms with E-state index in [1.807, 2.05) is 18.2 Å². The van der Waals surface area contributed by atoms with Crippen molar-refractivity contribution in [3.63, 3.8) is 0 Å². The lowest BCUT2D eigenvalue weighted by molar-refractivity contribution is 0.103. The Morgan fingerprint density at radius 2 is 1.38 bits per heavy atom. The number of carbonyl (C=O) groups is 1. The van der Waals surface area contributed by atoms with E-state index in [1.165, 1.54) is 0 Å². The van der Waals surface area contributed by atoms with Gasteiger partial charge in [-0.3, -0.25) is 4.79 Å². The van der Waals surface area contributed by atoms with E-state index in [-0.39, 0.29) is 12.4 Å². The maximum Gasteiger partial charge on any atom is 0.193 e. The molecule has 0 aliphatic heterocycles. The van der Waals surface area contributed by atoms with Crippen LogP contribution < -0.4 is 0 Å². The van der Waals surface area contributed by atoms with Crippen LogP contribution in [-0.2, 0) is 11.7 Å². The van der Waals surface area contributed by atoms with Crippen molar-refractivity contribution in [3.05, 3.63) is 71.3 Å². The van der Waals surface area contributed by atoms with Gasteiger partial charge < -0.3 is 0 Å². The third-order valence-electron chi connectivity index (χ3n) is 2.42. The highest BCUT2D eigenvalue weighted by Gasteiger charge is 2.07. The molecule has 0 heterocycles. The molecular weight excluding hydrogens is 200 g/mol. The number of rotatable bonds is 3. The van der Waals surface area contributed by atoms with Gasteiger partial charge in [0.15, 0.2) is 5.78 Å². The average Bonchev–Trinajstić information content (AvgIpc) is 2.39. The molecule has 0 aliphatic rings. The van der Waals surface area contributed by atoms with Gasteiger partial charge in [-0.05, 0) is 5.56 Å². The summed E-state index contributed by atoms with van der Waals surface area (Å²) in [5.41, 5.74) is 1.98. The highest BCUT2D eigenvalue weighted by molar-refractivity contribution is 6.08. The summed E-state index contributed by atoms with van der Waals surface area (Å²) >= 11 is 0. The van der Waals surface area contributed by atoms with E-state index in [0.29, 0.717) is 16.7 Å². The number of ketones is 1. The van der Waals surface area contributed by atoms with Crippen molar-refractivity contribution in [2.45, 2.75) is 6.61 Å². The lowest BCUT2D eigenvalue weighted by Gasteiger charge is -2.01. The lowest BCUT2D eigenvalue weighted by Crippen LogP contribution is -2.00. The Labute approximate surface area is 94.2 Å². The molecule has 16 heavy (non-hydrogen) atoms. The monoisotopic (exact) mass is 211 g/mol. The highest BCUT2D eigenvalue weighted by atomic mass is 16.3. The molecule has 0 aliphatic carbocycles. The van der Waals surface area contributed by atoms with Crippen molar-refractivity contribution in [2.24, 2.45) is 0 Å². The normalized spacial score (nSPS) is 10.1. The third-order valence-corrected chi connectivity index (χ3v) is 2.42. The van der Waals surface area contributed by atoms with Gasteiger partial charge in [0.25, 0.3) is 0 Å². The molecule has 1 radical (unpaired) electrons. The Morgan fingerprint density at radius 1 is 0.812 bits per heavy atom. The summed E-state index contributed by atoms with van der Waals surface area (Å²) in [6, 6.07) is 15.9. The Hall–Kier alpha value is -1.93. The molecule has 2 rings (SSSR count). The van der Waals surface area contributed by atoms with Crippen molar-refractivity contribution >= 4 is 5.78 Å². The molecule has 0 fully saturated rings. The van der Waals surface area contributed by atoms with Crippen LogP contribution >= 0.6 is 0 Å². The maximum atomic E-state index is 12.0. The maximum absolute atomic E-state index is 12.0. The van der Waals surface area contributed by atoms with Gasteiger partial charge in [-0.2, -0.15) is 0 Å². The van der Waals surface area contributed by atoms with Crippen molar-refractivity contribution in [1.29, 1.82) is 0 Å². The number of benzene rings is 2. The molecule has 0 aromatic heterocycles. The molecule has 79 valence electrons. The minimum Gasteiger partial charge on any atom is -0.289 e. The number of hydrogen-bond donors (Lipinski definition) is 0. The summed E-state index contributed by atoms with van der Waals surface area (Å²) in [4.78, 5) is 12.0. The van der Waals surface area contributed by atoms with E-state index in [0.717, 1.165) is 0 Å². The number of hydrogen-bond acceptors (Lipinski definition) is 1. The molecule has 0 N–H and O–H groups in total. The topological polar surface area (TPSA) is 37.0 Å². The highest BCUT2D eigenvalue weighted by Crippen LogP contribution is 2.10. The summed E-state index contributed by atoms with van der Waals surface area (Å²) in [7, 11) is 0. The fourth-order valence-electron chi connectivity index (χ4n) is 1.51. The lowest BCUT2D eigenvalue weighted by atomic mass is 10.0. The van der Waals surface area contributed by atoms with E-state index < -0.39 is 0 Å². The van der Waals surface area contributed by atoms with E-state index in [1.54, 1.807) is 36.4 Å². The Bertz CT molecular complexity index is 472. The molecule has 0 saturated carbocycles. The molecule has 0 atom stereocenters. The average molecular weight is 211 g/mol. The van der Waals surface area contributed by atoms with E-state index in [9.17, 15) is 9.90 Å². The van der Waals surface area contributed by atoms with Crippen LogP contribution in [0.2, 0.25) is 0 Å². The predicted octanol–water partition coefficient (Wildman–Crippen LogP) is 2.85. The van der Waals surface area contributed by atoms with Crippen molar-refractivity contribution in [1.82, 2.24) is 0 Å². The van der Waals surface area contributed by atoms with Crippen LogP contribution in [0.4, 0.5) is 0 Å². The van der Waals surface area contributed by atoms with Gasteiger partial charge in [-0.1, -0.05) is 54.6 Å². The molecule has 2 heteroatoms. The van der Waals surface area contributed by atoms with Crippen molar-refractivity contribution < 1.29 is 9.90 Å². The molecule has 0 amide bonds. The van der Waals surface area contributed by atoms with Crippen molar-refractivity contribution in [3.8, 4) is 0 Å². The minimum atomic E-state index is -0.250. The fraction of sp³-hybridized carbons (Fsp3) is 0.0714. The van der Waals surface area contributed by atoms with Gasteiger partial charge in [0, 0.05) is 11.1 Å². The zero-order chi connectivity index (χ0) is 11.4. The summed E-state index contributed by atoms with van der Waals surface area (Å²) in [5.74, 6) is -0.0157. The smallest absolute Gasteiger partial charge is 0.193 e. The number of carbonyl (C=O) groups excluding carboxylic acids is 1. The van der Waals surface area contributed by atoms with E-state index >= 15 is 0 Å². The van der Waals surface area contributed by atoms with Gasteiger partial charge in [-0.25, -0.2) is 5.11 Å². The first-order chi connectivity index (χ1) is 7.81. The largest absolute Gasteiger partial charge is 0.289 e. The summed E-state index contributed by atoms with van der Waals surface area (Å²) in [6.07, 6.45) is 0. The third kappa shape index (κ3) is 2.18. The fourth-order valence-corrected chi connectivity index (χ4v) is 1.51. The Balaban J connectivity index is 2.28. The molecule has 0 spiro atoms. The van der Waals surface area contributed by atoms with Crippen molar-refractivity contribution in [2.75, 3.05) is 0 Å². The van der Waals surface area contributed by atoms with Gasteiger partial charge in [-0.15, -0.1) is 0 Å². The first-order valence-electron chi connectivity index (χ1n) is 5.08. The van der Waals surface area contributed by atoms with Crippen LogP contribution in [-0.4, -0.2) is 5.78 Å². The second kappa shape index (κ2) is 4.73. The van der Waals surface area contributed by atoms with Crippen LogP contribution in [0.25, 0.3) is 0 Å². The quantitative estimate of drug-likeness (QED) is 0.719. The SMILES string of the molecule is [O]Cc1ccc(C(=O)c2ccccc2)cc1. The zero-order valence-corrected chi connectivity index (χ0v) is 8.72. The van der Waals surface area contributed by atoms with Gasteiger partial charge in [0.05, 0.1) is 0 Å². The summed E-state index contributed by atoms with van der Waals surface area (Å²) < 4.78 is 0. The summed E-state index contributed by atoms with van der Waals surface area (Å²) in [6.45, 7) is -0.250. The molecule has 0 saturated heterocycles. The Kier molecular flexibility index (Phi) is 3.13. The van der Waals surface area contributed by atoms with Crippen LogP contribution in [0.3, 0.4) is 0 Å². The van der Waals surface area contributed by atoms with Crippen LogP contribution in [0.1, 0.15) is 21.5 Å². The van der Waals surface area contributed by atoms with Gasteiger partial charge in [0.1, 0.15) is 6.61 Å². The van der Waals surface area contributed by atoms with Crippen LogP contribution in [0.15, 0.2) is 54.6 Å². The Morgan fingerprint density at radius 3 is 1.94 bits per heavy atom. The first kappa shape index (κ1) is 10.6. The molecule has 2 aromatic carbocycles. The van der Waals surface area contributed by atoms with E-state index in [4.69, 9.17) is 0 Å². The minimum absolute atomic E-state index is 0.0157. The molecule has 2 nitrogen and oxygen atoms in total.